The van der Waals surface area contributed by atoms with Crippen LogP contribution in [-0.2, 0) is 0 Å². The first kappa shape index (κ1) is 36.0. The minimum Gasteiger partial charge on any atom is -0.389 e. The summed E-state index contributed by atoms with van der Waals surface area (Å²) in [6.45, 7) is 22.3. The quantitative estimate of drug-likeness (QED) is 0.0995. The maximum absolute atomic E-state index is 3.82. The molecule has 0 aliphatic rings. The van der Waals surface area contributed by atoms with E-state index in [0.29, 0.717) is 0 Å². The van der Waals surface area contributed by atoms with Crippen molar-refractivity contribution in [1.82, 2.24) is 5.32 Å². The molecule has 0 aromatic rings. The Hall–Kier alpha value is -0.980. The molecule has 0 aliphatic heterocycles. The molecule has 0 radical (unpaired) electrons. The van der Waals surface area contributed by atoms with Gasteiger partial charge >= 0.3 is 0 Å². The highest BCUT2D eigenvalue weighted by atomic mass is 14.9. The van der Waals surface area contributed by atoms with Crippen LogP contribution in [0.4, 0.5) is 0 Å². The second kappa shape index (κ2) is 21.9. The zero-order valence-corrected chi connectivity index (χ0v) is 27.2. The lowest BCUT2D eigenvalue weighted by Gasteiger charge is -2.43. The SMILES string of the molecule is CC/C=C(/C)CCCCCCCCCCCCCCN/C(=C/CC)CC(C)(C)C(C)(C)C/C(C)=C/CC. The first-order valence-corrected chi connectivity index (χ1v) is 16.3. The first-order chi connectivity index (χ1) is 17.6. The predicted molar refractivity (Wildman–Crippen MR) is 171 cm³/mol. The molecule has 0 aromatic heterocycles. The summed E-state index contributed by atoms with van der Waals surface area (Å²) in [6, 6.07) is 0. The zero-order chi connectivity index (χ0) is 28.0. The number of allylic oxidation sites excluding steroid dienone is 6. The molecule has 1 heteroatoms. The van der Waals surface area contributed by atoms with Crippen LogP contribution >= 0.6 is 0 Å². The lowest BCUT2D eigenvalue weighted by atomic mass is 9.63. The van der Waals surface area contributed by atoms with Gasteiger partial charge in [0.25, 0.3) is 0 Å². The maximum Gasteiger partial charge on any atom is 0.0143 e. The smallest absolute Gasteiger partial charge is 0.0143 e. The summed E-state index contributed by atoms with van der Waals surface area (Å²) in [7, 11) is 0. The van der Waals surface area contributed by atoms with Crippen LogP contribution in [0.15, 0.2) is 35.1 Å². The molecule has 0 saturated heterocycles. The molecule has 0 heterocycles. The molecule has 0 aliphatic carbocycles. The summed E-state index contributed by atoms with van der Waals surface area (Å²) in [6.07, 6.45) is 31.2. The second-order valence-corrected chi connectivity index (χ2v) is 13.1. The summed E-state index contributed by atoms with van der Waals surface area (Å²) < 4.78 is 0. The Morgan fingerprint density at radius 2 is 0.919 bits per heavy atom. The van der Waals surface area contributed by atoms with Crippen molar-refractivity contribution in [3.8, 4) is 0 Å². The molecule has 0 saturated carbocycles. The summed E-state index contributed by atoms with van der Waals surface area (Å²) in [4.78, 5) is 0. The molecule has 0 fully saturated rings. The van der Waals surface area contributed by atoms with Gasteiger partial charge in [-0.2, -0.15) is 0 Å². The number of unbranched alkanes of at least 4 members (excludes halogenated alkanes) is 11. The van der Waals surface area contributed by atoms with E-state index < -0.39 is 0 Å². The lowest BCUT2D eigenvalue weighted by molar-refractivity contribution is 0.107. The van der Waals surface area contributed by atoms with Crippen LogP contribution < -0.4 is 5.32 Å². The molecule has 0 spiro atoms. The van der Waals surface area contributed by atoms with E-state index in [1.165, 1.54) is 108 Å². The van der Waals surface area contributed by atoms with Gasteiger partial charge in [0.2, 0.25) is 0 Å². The third kappa shape index (κ3) is 18.8. The summed E-state index contributed by atoms with van der Waals surface area (Å²) >= 11 is 0. The van der Waals surface area contributed by atoms with Gasteiger partial charge in [0.1, 0.15) is 0 Å². The van der Waals surface area contributed by atoms with Crippen molar-refractivity contribution in [2.24, 2.45) is 10.8 Å². The molecular weight excluding hydrogens is 446 g/mol. The number of hydrogen-bond donors (Lipinski definition) is 1. The van der Waals surface area contributed by atoms with Gasteiger partial charge in [-0.3, -0.25) is 0 Å². The molecule has 0 unspecified atom stereocenters. The maximum atomic E-state index is 3.82. The fraction of sp³-hybridized carbons (Fsp3) is 0.833. The van der Waals surface area contributed by atoms with Crippen LogP contribution in [0.5, 0.6) is 0 Å². The van der Waals surface area contributed by atoms with Gasteiger partial charge in [0, 0.05) is 12.2 Å². The summed E-state index contributed by atoms with van der Waals surface area (Å²) in [5.74, 6) is 0. The standard InChI is InChI=1S/C36H69N/c1-10-25-32(4)28-23-21-19-17-15-13-14-16-18-20-22-24-29-37-34(27-12-3)31-36(8,9)35(6,7)30-33(5)26-11-2/h25-27,37H,10-24,28-31H2,1-9H3/b32-25-,33-26+,34-27+. The molecule has 37 heavy (non-hydrogen) atoms. The van der Waals surface area contributed by atoms with E-state index in [1.54, 1.807) is 5.57 Å². The third-order valence-corrected chi connectivity index (χ3v) is 8.59. The molecule has 1 nitrogen and oxygen atoms in total. The molecular formula is C36H69N. The Labute approximate surface area is 235 Å². The van der Waals surface area contributed by atoms with Crippen molar-refractivity contribution in [1.29, 1.82) is 0 Å². The van der Waals surface area contributed by atoms with E-state index in [2.05, 4.69) is 85.9 Å². The summed E-state index contributed by atoms with van der Waals surface area (Å²) in [5, 5.41) is 3.82. The Morgan fingerprint density at radius 1 is 0.514 bits per heavy atom. The van der Waals surface area contributed by atoms with Gasteiger partial charge in [0.05, 0.1) is 0 Å². The van der Waals surface area contributed by atoms with Crippen LogP contribution in [0.25, 0.3) is 0 Å². The van der Waals surface area contributed by atoms with E-state index >= 15 is 0 Å². The Morgan fingerprint density at radius 3 is 1.41 bits per heavy atom. The van der Waals surface area contributed by atoms with E-state index in [9.17, 15) is 0 Å². The van der Waals surface area contributed by atoms with E-state index in [-0.39, 0.29) is 10.8 Å². The first-order valence-electron chi connectivity index (χ1n) is 16.3. The molecule has 0 amide bonds. The van der Waals surface area contributed by atoms with Crippen molar-refractivity contribution in [3.63, 3.8) is 0 Å². The average Bonchev–Trinajstić information content (AvgIpc) is 2.81. The van der Waals surface area contributed by atoms with Gasteiger partial charge < -0.3 is 5.32 Å². The van der Waals surface area contributed by atoms with Gasteiger partial charge in [-0.15, -0.1) is 0 Å². The van der Waals surface area contributed by atoms with Crippen molar-refractivity contribution >= 4 is 0 Å². The van der Waals surface area contributed by atoms with Gasteiger partial charge in [0.15, 0.2) is 0 Å². The van der Waals surface area contributed by atoms with Crippen molar-refractivity contribution in [2.45, 2.75) is 178 Å². The van der Waals surface area contributed by atoms with Gasteiger partial charge in [-0.25, -0.2) is 0 Å². The molecule has 218 valence electrons. The molecule has 0 rings (SSSR count). The summed E-state index contributed by atoms with van der Waals surface area (Å²) in [5.41, 5.74) is 5.13. The van der Waals surface area contributed by atoms with Crippen molar-refractivity contribution in [3.05, 3.63) is 35.1 Å². The second-order valence-electron chi connectivity index (χ2n) is 13.1. The highest BCUT2D eigenvalue weighted by Gasteiger charge is 2.37. The minimum absolute atomic E-state index is 0.259. The van der Waals surface area contributed by atoms with Crippen LogP contribution in [-0.4, -0.2) is 6.54 Å². The van der Waals surface area contributed by atoms with E-state index in [1.807, 2.05) is 0 Å². The fourth-order valence-electron chi connectivity index (χ4n) is 5.52. The van der Waals surface area contributed by atoms with Crippen molar-refractivity contribution < 1.29 is 0 Å². The van der Waals surface area contributed by atoms with Crippen LogP contribution in [0.3, 0.4) is 0 Å². The van der Waals surface area contributed by atoms with E-state index in [4.69, 9.17) is 0 Å². The molecule has 0 aromatic carbocycles. The number of rotatable bonds is 24. The molecule has 0 bridgehead atoms. The highest BCUT2D eigenvalue weighted by molar-refractivity contribution is 5.09. The lowest BCUT2D eigenvalue weighted by Crippen LogP contribution is -2.35. The van der Waals surface area contributed by atoms with Crippen molar-refractivity contribution in [2.75, 3.05) is 6.54 Å². The fourth-order valence-corrected chi connectivity index (χ4v) is 5.52. The largest absolute Gasteiger partial charge is 0.389 e. The number of nitrogens with one attached hydrogen (secondary N) is 1. The van der Waals surface area contributed by atoms with E-state index in [0.717, 1.165) is 25.8 Å². The Balaban J connectivity index is 3.95. The zero-order valence-electron chi connectivity index (χ0n) is 27.2. The van der Waals surface area contributed by atoms with Gasteiger partial charge in [-0.05, 0) is 76.0 Å². The Kier molecular flexibility index (Phi) is 21.3. The average molecular weight is 516 g/mol. The van der Waals surface area contributed by atoms with Crippen LogP contribution in [0.1, 0.15) is 178 Å². The monoisotopic (exact) mass is 516 g/mol. The Bertz CT molecular complexity index is 631. The molecule has 0 atom stereocenters. The van der Waals surface area contributed by atoms with Gasteiger partial charge in [-0.1, -0.05) is 142 Å². The topological polar surface area (TPSA) is 12.0 Å². The van der Waals surface area contributed by atoms with Crippen LogP contribution in [0, 0.1) is 10.8 Å². The minimum atomic E-state index is 0.259. The normalized spacial score (nSPS) is 13.9. The third-order valence-electron chi connectivity index (χ3n) is 8.59. The highest BCUT2D eigenvalue weighted by Crippen LogP contribution is 2.46. The van der Waals surface area contributed by atoms with Crippen LogP contribution in [0.2, 0.25) is 0 Å². The number of hydrogen-bond acceptors (Lipinski definition) is 1. The predicted octanol–water partition coefficient (Wildman–Crippen LogP) is 12.5. The molecule has 1 N–H and O–H groups in total.